The first-order valence-corrected chi connectivity index (χ1v) is 33.7. The first kappa shape index (κ1) is 74.0. The van der Waals surface area contributed by atoms with Crippen molar-refractivity contribution in [3.05, 3.63) is 242 Å². The summed E-state index contributed by atoms with van der Waals surface area (Å²) in [6, 6.07) is 37.4. The molecule has 0 saturated heterocycles. The molecule has 0 radical (unpaired) electrons. The Morgan fingerprint density at radius 1 is 0.495 bits per heavy atom. The van der Waals surface area contributed by atoms with Gasteiger partial charge >= 0.3 is 0 Å². The van der Waals surface area contributed by atoms with Crippen molar-refractivity contribution in [1.82, 2.24) is 29.7 Å². The second-order valence-corrected chi connectivity index (χ2v) is 25.9. The van der Waals surface area contributed by atoms with Gasteiger partial charge in [0.1, 0.15) is 11.6 Å². The molecule has 9 aromatic rings. The van der Waals surface area contributed by atoms with Crippen LogP contribution in [-0.4, -0.2) is 89.4 Å². The van der Waals surface area contributed by atoms with Gasteiger partial charge in [0.25, 0.3) is 0 Å². The standard InChI is InChI=1S/C28H29N3O4.2C27H29FN2O4/c1-17-22(11-18-12-25(34-4)28(33)26(13-18)35-5)21-9-8-19(29-2)14-24(21)23(17)15-27(32)30-16-20-7-6-10-31(20)3;2*1-16-21(10-17-11-24(33-3)27(32)25(12-17)34-4)20-8-7-18(28)13-23(20)22(16)14-26(31)29-15-19-6-5-9-30(19)2/h6-14,17,23,33H,15-16H2,1,3-5H3,(H,30,32);5-9,11-13,22,32H,10,14-15H2,1-4H3,(H,29,31);5-13,16,22,32H,14-15H2,1-4H3,(H,29,31)/b22-11-;;21-10-. The summed E-state index contributed by atoms with van der Waals surface area (Å²) in [5.74, 6) is 0.440. The third kappa shape index (κ3) is 16.6. The zero-order valence-electron chi connectivity index (χ0n) is 59.9. The molecule has 0 aliphatic heterocycles. The maximum atomic E-state index is 14.2. The monoisotopic (exact) mass is 1400 g/mol. The lowest BCUT2D eigenvalue weighted by atomic mass is 9.88. The number of fused-ring (bicyclic) bond motifs is 3. The quantitative estimate of drug-likeness (QED) is 0.0349. The lowest BCUT2D eigenvalue weighted by molar-refractivity contribution is -0.122. The van der Waals surface area contributed by atoms with Crippen molar-refractivity contribution in [2.75, 3.05) is 42.7 Å². The van der Waals surface area contributed by atoms with Crippen LogP contribution in [0.25, 0.3) is 33.7 Å². The van der Waals surface area contributed by atoms with Crippen molar-refractivity contribution in [2.24, 2.45) is 33.0 Å². The SMILES string of the molecule is COc1cc(/C=C2\c3ccc(F)cc3C(CC(=O)NCc3cccn3C)C2C)cc(OC)c1O.COc1cc(CC2=C(C)C(CC(=O)NCc3cccn3C)c3cc(F)ccc32)cc(OC)c1O.[C-]#[N+]c1ccc2c(c1)C(CC(=O)NCc1cccn1C)C(C)/C2=C/c1cc(OC)c(O)c(OC)c1. The molecule has 536 valence electrons. The Labute approximate surface area is 599 Å². The fourth-order valence-electron chi connectivity index (χ4n) is 14.0. The number of carbonyl (C=O) groups is 3. The number of methoxy groups -OCH3 is 6. The van der Waals surface area contributed by atoms with Crippen LogP contribution in [0.15, 0.2) is 152 Å². The number of carbonyl (C=O) groups excluding carboxylic acids is 3. The molecule has 19 nitrogen and oxygen atoms in total. The van der Waals surface area contributed by atoms with Crippen molar-refractivity contribution >= 4 is 52.3 Å². The van der Waals surface area contributed by atoms with Crippen molar-refractivity contribution in [3.8, 4) is 51.7 Å². The van der Waals surface area contributed by atoms with Crippen LogP contribution in [0.3, 0.4) is 0 Å². The second-order valence-electron chi connectivity index (χ2n) is 25.9. The molecule has 3 amide bonds. The molecular formula is C82H87F2N7O12. The molecule has 12 rings (SSSR count). The third-order valence-corrected chi connectivity index (χ3v) is 19.8. The number of benzene rings is 6. The van der Waals surface area contributed by atoms with E-state index in [0.29, 0.717) is 72.7 Å². The van der Waals surface area contributed by atoms with E-state index in [-0.39, 0.29) is 89.0 Å². The molecule has 103 heavy (non-hydrogen) atoms. The highest BCUT2D eigenvalue weighted by molar-refractivity contribution is 5.92. The van der Waals surface area contributed by atoms with Crippen LogP contribution in [0.2, 0.25) is 0 Å². The van der Waals surface area contributed by atoms with Gasteiger partial charge in [-0.3, -0.25) is 14.4 Å². The number of aromatic nitrogens is 3. The zero-order chi connectivity index (χ0) is 73.9. The summed E-state index contributed by atoms with van der Waals surface area (Å²) in [4.78, 5) is 42.2. The van der Waals surface area contributed by atoms with Crippen LogP contribution in [-0.2, 0) is 61.6 Å². The number of rotatable bonds is 22. The predicted molar refractivity (Wildman–Crippen MR) is 393 cm³/mol. The Kier molecular flexibility index (Phi) is 23.6. The predicted octanol–water partition coefficient (Wildman–Crippen LogP) is 14.9. The fraction of sp³-hybridized carbons (Fsp3) is 0.293. The fourth-order valence-corrected chi connectivity index (χ4v) is 14.0. The highest BCUT2D eigenvalue weighted by atomic mass is 19.1. The summed E-state index contributed by atoms with van der Waals surface area (Å²) in [7, 11) is 14.7. The molecule has 5 unspecified atom stereocenters. The number of hydrogen-bond acceptors (Lipinski definition) is 12. The van der Waals surface area contributed by atoms with E-state index in [1.807, 2.05) is 134 Å². The average molecular weight is 1400 g/mol. The Balaban J connectivity index is 0.000000166. The molecule has 0 saturated carbocycles. The average Bonchev–Trinajstić information content (AvgIpc) is 1.64. The lowest BCUT2D eigenvalue weighted by Crippen LogP contribution is -2.26. The number of aryl methyl sites for hydroxylation is 3. The molecule has 21 heteroatoms. The van der Waals surface area contributed by atoms with Crippen LogP contribution in [0.4, 0.5) is 14.5 Å². The maximum Gasteiger partial charge on any atom is 0.221 e. The van der Waals surface area contributed by atoms with E-state index in [0.717, 1.165) is 89.4 Å². The van der Waals surface area contributed by atoms with E-state index in [2.05, 4.69) is 27.7 Å². The summed E-state index contributed by atoms with van der Waals surface area (Å²) >= 11 is 0. The number of halogens is 2. The Hall–Kier alpha value is -11.7. The lowest BCUT2D eigenvalue weighted by Gasteiger charge is -2.18. The summed E-state index contributed by atoms with van der Waals surface area (Å²) in [5, 5.41) is 39.8. The van der Waals surface area contributed by atoms with E-state index < -0.39 is 0 Å². The van der Waals surface area contributed by atoms with Gasteiger partial charge in [-0.2, -0.15) is 0 Å². The molecule has 3 aliphatic carbocycles. The first-order valence-electron chi connectivity index (χ1n) is 33.7. The number of phenolic OH excluding ortho intramolecular Hbond substituents is 3. The highest BCUT2D eigenvalue weighted by Gasteiger charge is 2.38. The molecule has 5 atom stereocenters. The minimum Gasteiger partial charge on any atom is -0.502 e. The summed E-state index contributed by atoms with van der Waals surface area (Å²) in [6.45, 7) is 14.9. The Morgan fingerprint density at radius 2 is 0.854 bits per heavy atom. The summed E-state index contributed by atoms with van der Waals surface area (Å²) in [6.07, 6.45) is 11.2. The Morgan fingerprint density at radius 3 is 1.23 bits per heavy atom. The van der Waals surface area contributed by atoms with Gasteiger partial charge in [-0.25, -0.2) is 13.6 Å². The first-order chi connectivity index (χ1) is 49.5. The minimum absolute atomic E-state index is 0.0246. The van der Waals surface area contributed by atoms with Gasteiger partial charge in [0.05, 0.1) is 68.9 Å². The number of aromatic hydroxyl groups is 3. The Bertz CT molecular complexity index is 4710. The number of nitrogens with one attached hydrogen (secondary N) is 3. The van der Waals surface area contributed by atoms with Crippen LogP contribution in [0, 0.1) is 30.0 Å². The van der Waals surface area contributed by atoms with Gasteiger partial charge in [-0.05, 0) is 201 Å². The van der Waals surface area contributed by atoms with Crippen molar-refractivity contribution < 1.29 is 66.9 Å². The molecule has 0 spiro atoms. The van der Waals surface area contributed by atoms with E-state index in [4.69, 9.17) is 35.0 Å². The van der Waals surface area contributed by atoms with Gasteiger partial charge < -0.3 is 73.4 Å². The van der Waals surface area contributed by atoms with E-state index in [1.165, 1.54) is 66.9 Å². The summed E-state index contributed by atoms with van der Waals surface area (Å²) in [5.41, 5.74) is 15.7. The van der Waals surface area contributed by atoms with E-state index in [9.17, 15) is 38.5 Å². The number of phenols is 3. The molecule has 3 aromatic heterocycles. The molecule has 3 aliphatic rings. The van der Waals surface area contributed by atoms with Gasteiger partial charge in [0.15, 0.2) is 40.2 Å². The number of amides is 3. The van der Waals surface area contributed by atoms with Crippen molar-refractivity contribution in [3.63, 3.8) is 0 Å². The normalized spacial score (nSPS) is 16.8. The van der Waals surface area contributed by atoms with Gasteiger partial charge in [0, 0.05) is 82.0 Å². The van der Waals surface area contributed by atoms with Crippen LogP contribution < -0.4 is 44.4 Å². The summed E-state index contributed by atoms with van der Waals surface area (Å²) < 4.78 is 66.1. The van der Waals surface area contributed by atoms with Crippen LogP contribution in [0.5, 0.6) is 51.7 Å². The largest absolute Gasteiger partial charge is 0.502 e. The van der Waals surface area contributed by atoms with Gasteiger partial charge in [0.2, 0.25) is 35.0 Å². The van der Waals surface area contributed by atoms with E-state index >= 15 is 0 Å². The van der Waals surface area contributed by atoms with Crippen molar-refractivity contribution in [2.45, 2.75) is 83.8 Å². The van der Waals surface area contributed by atoms with Crippen LogP contribution in [0.1, 0.15) is 125 Å². The van der Waals surface area contributed by atoms with Gasteiger partial charge in [-0.1, -0.05) is 61.9 Å². The molecule has 6 aromatic carbocycles. The molecular weight excluding hydrogens is 1310 g/mol. The topological polar surface area (TPSA) is 223 Å². The number of nitrogens with zero attached hydrogens (tertiary/aromatic N) is 4. The number of allylic oxidation sites excluding steroid dienone is 4. The third-order valence-electron chi connectivity index (χ3n) is 19.8. The smallest absolute Gasteiger partial charge is 0.221 e. The zero-order valence-corrected chi connectivity index (χ0v) is 59.9. The highest BCUT2D eigenvalue weighted by Crippen LogP contribution is 2.52. The molecule has 0 bridgehead atoms. The van der Waals surface area contributed by atoms with Crippen molar-refractivity contribution in [1.29, 1.82) is 0 Å². The van der Waals surface area contributed by atoms with Gasteiger partial charge in [-0.15, -0.1) is 0 Å². The molecule has 0 fully saturated rings. The van der Waals surface area contributed by atoms with E-state index in [1.54, 1.807) is 48.5 Å². The minimum atomic E-state index is -0.325. The number of hydrogen-bond donors (Lipinski definition) is 6. The maximum absolute atomic E-state index is 14.2. The number of ether oxygens (including phenoxy) is 6. The second kappa shape index (κ2) is 32.8. The molecule has 3 heterocycles. The molecule has 6 N–H and O–H groups in total. The van der Waals surface area contributed by atoms with Crippen LogP contribution >= 0.6 is 0 Å².